The zero-order chi connectivity index (χ0) is 17.3. The van der Waals surface area contributed by atoms with E-state index in [0.717, 1.165) is 31.6 Å². The van der Waals surface area contributed by atoms with Gasteiger partial charge in [-0.15, -0.1) is 0 Å². The standard InChI is InChI=1S/C20H23NO4/c22-20(9-8-17-10-12-24-14-17)19-13-18(25-21-19)15-23-11-4-7-16-5-2-1-3-6-16/h1-7,13,17H,8-12,14-15H2/b7-4+. The molecule has 1 atom stereocenters. The van der Waals surface area contributed by atoms with Crippen LogP contribution >= 0.6 is 0 Å². The fraction of sp³-hybridized carbons (Fsp3) is 0.400. The zero-order valence-electron chi connectivity index (χ0n) is 14.2. The third-order valence-corrected chi connectivity index (χ3v) is 4.22. The Morgan fingerprint density at radius 2 is 2.20 bits per heavy atom. The van der Waals surface area contributed by atoms with E-state index in [4.69, 9.17) is 14.0 Å². The highest BCUT2D eigenvalue weighted by Crippen LogP contribution is 2.19. The molecule has 1 aromatic carbocycles. The van der Waals surface area contributed by atoms with Crippen molar-refractivity contribution in [2.75, 3.05) is 19.8 Å². The Kier molecular flexibility index (Phi) is 6.54. The molecule has 25 heavy (non-hydrogen) atoms. The minimum absolute atomic E-state index is 0.0193. The van der Waals surface area contributed by atoms with Crippen LogP contribution in [-0.4, -0.2) is 30.8 Å². The van der Waals surface area contributed by atoms with Crippen LogP contribution < -0.4 is 0 Å². The molecule has 1 saturated heterocycles. The largest absolute Gasteiger partial charge is 0.381 e. The highest BCUT2D eigenvalue weighted by atomic mass is 16.5. The van der Waals surface area contributed by atoms with Gasteiger partial charge in [-0.1, -0.05) is 47.6 Å². The van der Waals surface area contributed by atoms with Crippen LogP contribution in [0.4, 0.5) is 0 Å². The van der Waals surface area contributed by atoms with E-state index in [1.165, 1.54) is 0 Å². The quantitative estimate of drug-likeness (QED) is 0.511. The molecule has 5 heteroatoms. The highest BCUT2D eigenvalue weighted by molar-refractivity contribution is 5.94. The Morgan fingerprint density at radius 3 is 3.00 bits per heavy atom. The van der Waals surface area contributed by atoms with Crippen molar-refractivity contribution in [1.29, 1.82) is 0 Å². The number of hydrogen-bond acceptors (Lipinski definition) is 5. The second kappa shape index (κ2) is 9.30. The summed E-state index contributed by atoms with van der Waals surface area (Å²) in [5, 5.41) is 3.85. The van der Waals surface area contributed by atoms with Crippen LogP contribution in [0.1, 0.15) is 41.1 Å². The summed E-state index contributed by atoms with van der Waals surface area (Å²) >= 11 is 0. The van der Waals surface area contributed by atoms with E-state index in [9.17, 15) is 4.79 Å². The molecule has 0 amide bonds. The summed E-state index contributed by atoms with van der Waals surface area (Å²) in [6.07, 6.45) is 6.33. The molecule has 0 aliphatic carbocycles. The molecular weight excluding hydrogens is 318 g/mol. The van der Waals surface area contributed by atoms with Gasteiger partial charge >= 0.3 is 0 Å². The first-order valence-corrected chi connectivity index (χ1v) is 8.67. The van der Waals surface area contributed by atoms with Gasteiger partial charge in [0.05, 0.1) is 6.61 Å². The van der Waals surface area contributed by atoms with Gasteiger partial charge in [0.1, 0.15) is 12.3 Å². The van der Waals surface area contributed by atoms with Gasteiger partial charge in [0.2, 0.25) is 0 Å². The molecule has 3 rings (SSSR count). The van der Waals surface area contributed by atoms with Crippen molar-refractivity contribution in [3.63, 3.8) is 0 Å². The molecule has 0 saturated carbocycles. The van der Waals surface area contributed by atoms with Gasteiger partial charge in [-0.3, -0.25) is 4.79 Å². The van der Waals surface area contributed by atoms with Crippen LogP contribution in [0, 0.1) is 5.92 Å². The van der Waals surface area contributed by atoms with Crippen molar-refractivity contribution < 1.29 is 18.8 Å². The summed E-state index contributed by atoms with van der Waals surface area (Å²) in [5.41, 5.74) is 1.52. The Hall–Kier alpha value is -2.24. The number of aromatic nitrogens is 1. The minimum Gasteiger partial charge on any atom is -0.381 e. The molecule has 1 aliphatic heterocycles. The average molecular weight is 341 g/mol. The van der Waals surface area contributed by atoms with E-state index in [2.05, 4.69) is 5.16 Å². The number of carbonyl (C=O) groups is 1. The average Bonchev–Trinajstić information content (AvgIpc) is 3.32. The molecule has 1 fully saturated rings. The monoisotopic (exact) mass is 341 g/mol. The predicted octanol–water partition coefficient (Wildman–Crippen LogP) is 3.90. The van der Waals surface area contributed by atoms with Crippen molar-refractivity contribution in [2.24, 2.45) is 5.92 Å². The summed E-state index contributed by atoms with van der Waals surface area (Å²) in [6.45, 7) is 2.35. The van der Waals surface area contributed by atoms with E-state index in [1.807, 2.05) is 42.5 Å². The molecule has 0 radical (unpaired) electrons. The van der Waals surface area contributed by atoms with E-state index >= 15 is 0 Å². The maximum absolute atomic E-state index is 12.1. The van der Waals surface area contributed by atoms with Crippen molar-refractivity contribution in [1.82, 2.24) is 5.16 Å². The van der Waals surface area contributed by atoms with Crippen LogP contribution in [0.5, 0.6) is 0 Å². The number of ketones is 1. The van der Waals surface area contributed by atoms with Crippen LogP contribution in [0.3, 0.4) is 0 Å². The topological polar surface area (TPSA) is 61.6 Å². The SMILES string of the molecule is O=C(CCC1CCOC1)c1cc(COC/C=C/c2ccccc2)on1. The second-order valence-corrected chi connectivity index (χ2v) is 6.20. The van der Waals surface area contributed by atoms with Gasteiger partial charge in [-0.25, -0.2) is 0 Å². The number of benzene rings is 1. The van der Waals surface area contributed by atoms with Gasteiger partial charge in [0.15, 0.2) is 11.5 Å². The van der Waals surface area contributed by atoms with Crippen molar-refractivity contribution in [3.8, 4) is 0 Å². The van der Waals surface area contributed by atoms with Gasteiger partial charge < -0.3 is 14.0 Å². The third kappa shape index (κ3) is 5.66. The fourth-order valence-corrected chi connectivity index (χ4v) is 2.76. The lowest BCUT2D eigenvalue weighted by Gasteiger charge is -2.04. The van der Waals surface area contributed by atoms with E-state index in [1.54, 1.807) is 6.07 Å². The molecule has 2 heterocycles. The fourth-order valence-electron chi connectivity index (χ4n) is 2.76. The molecule has 1 aliphatic rings. The van der Waals surface area contributed by atoms with E-state index < -0.39 is 0 Å². The smallest absolute Gasteiger partial charge is 0.184 e. The number of hydrogen-bond donors (Lipinski definition) is 0. The maximum atomic E-state index is 12.1. The van der Waals surface area contributed by atoms with Gasteiger partial charge in [0.25, 0.3) is 0 Å². The van der Waals surface area contributed by atoms with Crippen LogP contribution in [0.2, 0.25) is 0 Å². The zero-order valence-corrected chi connectivity index (χ0v) is 14.2. The predicted molar refractivity (Wildman–Crippen MR) is 94.1 cm³/mol. The molecule has 2 aromatic rings. The van der Waals surface area contributed by atoms with Crippen LogP contribution in [0.15, 0.2) is 47.0 Å². The minimum atomic E-state index is 0.0193. The summed E-state index contributed by atoms with van der Waals surface area (Å²) in [6, 6.07) is 11.7. The van der Waals surface area contributed by atoms with Gasteiger partial charge in [0, 0.05) is 25.7 Å². The molecule has 1 aromatic heterocycles. The lowest BCUT2D eigenvalue weighted by Crippen LogP contribution is -2.05. The summed E-state index contributed by atoms with van der Waals surface area (Å²) in [7, 11) is 0. The van der Waals surface area contributed by atoms with Crippen LogP contribution in [-0.2, 0) is 16.1 Å². The summed E-state index contributed by atoms with van der Waals surface area (Å²) in [4.78, 5) is 12.1. The van der Waals surface area contributed by atoms with Crippen molar-refractivity contribution in [2.45, 2.75) is 25.9 Å². The maximum Gasteiger partial charge on any atom is 0.184 e. The Labute approximate surface area is 147 Å². The Morgan fingerprint density at radius 1 is 1.32 bits per heavy atom. The second-order valence-electron chi connectivity index (χ2n) is 6.20. The summed E-state index contributed by atoms with van der Waals surface area (Å²) in [5.74, 6) is 1.08. The first-order chi connectivity index (χ1) is 12.3. The molecule has 0 bridgehead atoms. The number of rotatable bonds is 9. The number of ether oxygens (including phenoxy) is 2. The lowest BCUT2D eigenvalue weighted by molar-refractivity contribution is 0.0961. The first-order valence-electron chi connectivity index (χ1n) is 8.67. The Balaban J connectivity index is 1.37. The highest BCUT2D eigenvalue weighted by Gasteiger charge is 2.19. The van der Waals surface area contributed by atoms with Gasteiger partial charge in [-0.2, -0.15) is 0 Å². The lowest BCUT2D eigenvalue weighted by atomic mass is 10.00. The first kappa shape index (κ1) is 17.6. The molecular formula is C20H23NO4. The Bertz CT molecular complexity index is 687. The van der Waals surface area contributed by atoms with Crippen LogP contribution in [0.25, 0.3) is 6.08 Å². The van der Waals surface area contributed by atoms with E-state index in [-0.39, 0.29) is 5.78 Å². The third-order valence-electron chi connectivity index (χ3n) is 4.22. The van der Waals surface area contributed by atoms with Gasteiger partial charge in [-0.05, 0) is 24.3 Å². The molecule has 0 spiro atoms. The summed E-state index contributed by atoms with van der Waals surface area (Å²) < 4.78 is 16.0. The number of carbonyl (C=O) groups excluding carboxylic acids is 1. The molecule has 5 nitrogen and oxygen atoms in total. The molecule has 0 N–H and O–H groups in total. The molecule has 132 valence electrons. The number of nitrogens with zero attached hydrogens (tertiary/aromatic N) is 1. The number of Topliss-reactive ketones (excluding diaryl/α,β-unsaturated/α-hetero) is 1. The van der Waals surface area contributed by atoms with Crippen molar-refractivity contribution in [3.05, 3.63) is 59.5 Å². The normalized spacial score (nSPS) is 17.4. The van der Waals surface area contributed by atoms with Crippen molar-refractivity contribution >= 4 is 11.9 Å². The molecule has 1 unspecified atom stereocenters. The van der Waals surface area contributed by atoms with E-state index in [0.29, 0.717) is 37.0 Å².